The molecular weight excluding hydrogens is 252 g/mol. The summed E-state index contributed by atoms with van der Waals surface area (Å²) in [5, 5.41) is 21.2. The van der Waals surface area contributed by atoms with E-state index in [2.05, 4.69) is 0 Å². The third-order valence-corrected chi connectivity index (χ3v) is 3.30. The topological polar surface area (TPSA) is 66.9 Å². The Labute approximate surface area is 115 Å². The van der Waals surface area contributed by atoms with Crippen molar-refractivity contribution in [1.29, 1.82) is 5.26 Å². The molecule has 2 aromatic carbocycles. The molecule has 20 heavy (non-hydrogen) atoms. The normalized spacial score (nSPS) is 13.3. The van der Waals surface area contributed by atoms with Crippen molar-refractivity contribution in [2.75, 3.05) is 0 Å². The molecule has 0 fully saturated rings. The Kier molecular flexibility index (Phi) is 2.62. The molecule has 0 saturated carbocycles. The Morgan fingerprint density at radius 3 is 2.70 bits per heavy atom. The summed E-state index contributed by atoms with van der Waals surface area (Å²) in [6.45, 7) is 1.90. The van der Waals surface area contributed by atoms with E-state index in [4.69, 9.17) is 5.26 Å². The lowest BCUT2D eigenvalue weighted by atomic mass is 10.0. The van der Waals surface area contributed by atoms with Crippen LogP contribution in [0.15, 0.2) is 42.5 Å². The zero-order valence-corrected chi connectivity index (χ0v) is 10.8. The third-order valence-electron chi connectivity index (χ3n) is 3.30. The lowest BCUT2D eigenvalue weighted by molar-refractivity contribution is -0.355. The van der Waals surface area contributed by atoms with Crippen molar-refractivity contribution in [3.63, 3.8) is 0 Å². The molecule has 0 N–H and O–H groups in total. The number of hydrogen-bond donors (Lipinski definition) is 0. The van der Waals surface area contributed by atoms with Gasteiger partial charge in [-0.15, -0.1) is 0 Å². The Morgan fingerprint density at radius 1 is 1.20 bits per heavy atom. The van der Waals surface area contributed by atoms with Gasteiger partial charge in [-0.1, -0.05) is 17.7 Å². The monoisotopic (exact) mass is 262 g/mol. The lowest BCUT2D eigenvalue weighted by Gasteiger charge is -2.02. The SMILES string of the molecule is Cc1cccc(C2=[N+]([O-])c3cc(C#N)ccc3C2=O)c1. The largest absolute Gasteiger partial charge is 0.618 e. The summed E-state index contributed by atoms with van der Waals surface area (Å²) in [6, 6.07) is 13.7. The lowest BCUT2D eigenvalue weighted by Crippen LogP contribution is -2.16. The van der Waals surface area contributed by atoms with Crippen molar-refractivity contribution in [1.82, 2.24) is 0 Å². The number of aryl methyl sites for hydroxylation is 1. The fraction of sp³-hybridized carbons (Fsp3) is 0.0625. The van der Waals surface area contributed by atoms with Gasteiger partial charge in [0, 0.05) is 6.07 Å². The number of nitrogens with zero attached hydrogens (tertiary/aromatic N) is 2. The first-order valence-corrected chi connectivity index (χ1v) is 6.12. The Morgan fingerprint density at radius 2 is 2.00 bits per heavy atom. The predicted octanol–water partition coefficient (Wildman–Crippen LogP) is 2.69. The average Bonchev–Trinajstić information content (AvgIpc) is 2.70. The first kappa shape index (κ1) is 12.1. The van der Waals surface area contributed by atoms with E-state index in [1.54, 1.807) is 18.2 Å². The number of benzene rings is 2. The van der Waals surface area contributed by atoms with Crippen molar-refractivity contribution >= 4 is 17.2 Å². The fourth-order valence-corrected chi connectivity index (χ4v) is 2.34. The third kappa shape index (κ3) is 1.69. The van der Waals surface area contributed by atoms with Gasteiger partial charge in [0.25, 0.3) is 11.5 Å². The minimum Gasteiger partial charge on any atom is -0.618 e. The molecule has 0 aliphatic carbocycles. The summed E-state index contributed by atoms with van der Waals surface area (Å²) < 4.78 is 0.618. The summed E-state index contributed by atoms with van der Waals surface area (Å²) in [5.74, 6) is -0.301. The number of carbonyl (C=O) groups excluding carboxylic acids is 1. The number of Topliss-reactive ketones (excluding diaryl/α,β-unsaturated/α-hetero) is 1. The van der Waals surface area contributed by atoms with E-state index < -0.39 is 0 Å². The van der Waals surface area contributed by atoms with Gasteiger partial charge in [0.1, 0.15) is 5.56 Å². The van der Waals surface area contributed by atoms with Gasteiger partial charge in [-0.25, -0.2) is 0 Å². The first-order valence-electron chi connectivity index (χ1n) is 6.12. The number of nitriles is 1. The molecular formula is C16H10N2O2. The highest BCUT2D eigenvalue weighted by Gasteiger charge is 2.36. The summed E-state index contributed by atoms with van der Waals surface area (Å²) in [6.07, 6.45) is 0. The van der Waals surface area contributed by atoms with Gasteiger partial charge in [-0.3, -0.25) is 4.79 Å². The van der Waals surface area contributed by atoms with E-state index in [9.17, 15) is 10.0 Å². The highest BCUT2D eigenvalue weighted by Crippen LogP contribution is 2.29. The second kappa shape index (κ2) is 4.32. The molecule has 3 rings (SSSR count). The molecule has 1 aliphatic rings. The van der Waals surface area contributed by atoms with Crippen molar-refractivity contribution in [2.24, 2.45) is 0 Å². The summed E-state index contributed by atoms with van der Waals surface area (Å²) in [5.41, 5.74) is 2.63. The van der Waals surface area contributed by atoms with Gasteiger partial charge in [-0.05, 0) is 31.2 Å². The average molecular weight is 262 g/mol. The van der Waals surface area contributed by atoms with Crippen LogP contribution in [0.1, 0.15) is 27.0 Å². The first-order chi connectivity index (χ1) is 9.61. The number of rotatable bonds is 1. The Balaban J connectivity index is 2.21. The molecule has 0 radical (unpaired) electrons. The molecule has 1 aliphatic heterocycles. The number of carbonyl (C=O) groups is 1. The Hall–Kier alpha value is -2.93. The fourth-order valence-electron chi connectivity index (χ4n) is 2.34. The van der Waals surface area contributed by atoms with Crippen LogP contribution in [-0.2, 0) is 0 Å². The zero-order valence-electron chi connectivity index (χ0n) is 10.8. The number of hydrogen-bond acceptors (Lipinski definition) is 3. The number of fused-ring (bicyclic) bond motifs is 1. The summed E-state index contributed by atoms with van der Waals surface area (Å²) >= 11 is 0. The minimum absolute atomic E-state index is 0.110. The van der Waals surface area contributed by atoms with Crippen LogP contribution in [0.4, 0.5) is 5.69 Å². The van der Waals surface area contributed by atoms with E-state index in [0.29, 0.717) is 21.4 Å². The molecule has 2 aromatic rings. The van der Waals surface area contributed by atoms with Crippen molar-refractivity contribution < 1.29 is 9.53 Å². The van der Waals surface area contributed by atoms with Crippen LogP contribution in [-0.4, -0.2) is 16.2 Å². The highest BCUT2D eigenvalue weighted by molar-refractivity contribution is 6.52. The maximum absolute atomic E-state index is 12.4. The van der Waals surface area contributed by atoms with Crippen LogP contribution in [0.25, 0.3) is 0 Å². The van der Waals surface area contributed by atoms with E-state index >= 15 is 0 Å². The molecule has 0 spiro atoms. The van der Waals surface area contributed by atoms with E-state index in [0.717, 1.165) is 5.56 Å². The van der Waals surface area contributed by atoms with Crippen LogP contribution in [0.3, 0.4) is 0 Å². The molecule has 0 aromatic heterocycles. The minimum atomic E-state index is -0.301. The number of ketones is 1. The molecule has 96 valence electrons. The van der Waals surface area contributed by atoms with Crippen molar-refractivity contribution in [3.8, 4) is 6.07 Å². The quantitative estimate of drug-likeness (QED) is 0.586. The van der Waals surface area contributed by atoms with Crippen LogP contribution >= 0.6 is 0 Å². The highest BCUT2D eigenvalue weighted by atomic mass is 16.5. The molecule has 4 heteroatoms. The summed E-state index contributed by atoms with van der Waals surface area (Å²) in [4.78, 5) is 12.4. The van der Waals surface area contributed by atoms with Gasteiger partial charge in [-0.2, -0.15) is 10.0 Å². The maximum atomic E-state index is 12.4. The van der Waals surface area contributed by atoms with Crippen molar-refractivity contribution in [2.45, 2.75) is 6.92 Å². The summed E-state index contributed by atoms with van der Waals surface area (Å²) in [7, 11) is 0. The molecule has 1 heterocycles. The second-order valence-corrected chi connectivity index (χ2v) is 4.69. The van der Waals surface area contributed by atoms with Crippen LogP contribution in [0.5, 0.6) is 0 Å². The molecule has 4 nitrogen and oxygen atoms in total. The standard InChI is InChI=1S/C16H10N2O2/c1-10-3-2-4-12(7-10)15-16(19)13-6-5-11(9-17)8-14(13)18(15)20/h2-8H,1H3. The molecule has 0 amide bonds. The second-order valence-electron chi connectivity index (χ2n) is 4.69. The van der Waals surface area contributed by atoms with Crippen LogP contribution < -0.4 is 0 Å². The van der Waals surface area contributed by atoms with Crippen LogP contribution in [0, 0.1) is 23.5 Å². The predicted molar refractivity (Wildman–Crippen MR) is 74.1 cm³/mol. The maximum Gasteiger partial charge on any atom is 0.272 e. The van der Waals surface area contributed by atoms with Crippen LogP contribution in [0.2, 0.25) is 0 Å². The van der Waals surface area contributed by atoms with Gasteiger partial charge >= 0.3 is 0 Å². The molecule has 0 bridgehead atoms. The van der Waals surface area contributed by atoms with Gasteiger partial charge < -0.3 is 5.21 Å². The van der Waals surface area contributed by atoms with Gasteiger partial charge in [0.05, 0.1) is 17.2 Å². The Bertz CT molecular complexity index is 813. The van der Waals surface area contributed by atoms with Gasteiger partial charge in [0.2, 0.25) is 5.69 Å². The van der Waals surface area contributed by atoms with E-state index in [-0.39, 0.29) is 17.2 Å². The molecule has 0 unspecified atom stereocenters. The zero-order chi connectivity index (χ0) is 14.3. The van der Waals surface area contributed by atoms with E-state index in [1.807, 2.05) is 25.1 Å². The van der Waals surface area contributed by atoms with Gasteiger partial charge in [0.15, 0.2) is 0 Å². The molecule has 0 saturated heterocycles. The van der Waals surface area contributed by atoms with Crippen molar-refractivity contribution in [3.05, 3.63) is 69.9 Å². The molecule has 0 atom stereocenters. The smallest absolute Gasteiger partial charge is 0.272 e. The van der Waals surface area contributed by atoms with E-state index in [1.165, 1.54) is 12.1 Å².